The number of hydrogen-bond donors (Lipinski definition) is 2. The summed E-state index contributed by atoms with van der Waals surface area (Å²) in [5.74, 6) is 5.72. The zero-order valence-electron chi connectivity index (χ0n) is 20.7. The van der Waals surface area contributed by atoms with Gasteiger partial charge in [0.2, 0.25) is 0 Å². The number of aliphatic hydroxyl groups excluding tert-OH is 1. The van der Waals surface area contributed by atoms with E-state index in [1.165, 1.54) is 22.1 Å². The smallest absolute Gasteiger partial charge is 0.330 e. The highest BCUT2D eigenvalue weighted by Gasteiger charge is 2.41. The first-order valence-electron chi connectivity index (χ1n) is 11.7. The molecule has 1 aliphatic heterocycles. The molecule has 0 aromatic carbocycles. The van der Waals surface area contributed by atoms with Gasteiger partial charge in [-0.1, -0.05) is 11.8 Å². The third-order valence-corrected chi connectivity index (χ3v) is 8.23. The van der Waals surface area contributed by atoms with Crippen LogP contribution < -0.4 is 11.2 Å². The molecule has 3 heterocycles. The number of rotatable bonds is 10. The molecule has 36 heavy (non-hydrogen) atoms. The van der Waals surface area contributed by atoms with Crippen LogP contribution in [0.4, 0.5) is 0 Å². The number of thiophene rings is 1. The minimum atomic E-state index is -1.57. The van der Waals surface area contributed by atoms with E-state index in [0.717, 1.165) is 5.56 Å². The molecule has 1 fully saturated rings. The van der Waals surface area contributed by atoms with Gasteiger partial charge >= 0.3 is 5.69 Å². The molecule has 0 aliphatic carbocycles. The molecule has 0 saturated carbocycles. The van der Waals surface area contributed by atoms with Gasteiger partial charge < -0.3 is 18.9 Å². The second-order valence-electron chi connectivity index (χ2n) is 8.71. The van der Waals surface area contributed by atoms with Crippen LogP contribution in [0.1, 0.15) is 57.9 Å². The molecule has 1 saturated heterocycles. The van der Waals surface area contributed by atoms with Crippen molar-refractivity contribution in [3.05, 3.63) is 55.0 Å². The molecule has 12 heteroatoms. The fourth-order valence-electron chi connectivity index (χ4n) is 3.82. The van der Waals surface area contributed by atoms with Gasteiger partial charge in [0.15, 0.2) is 0 Å². The predicted octanol–water partition coefficient (Wildman–Crippen LogP) is 2.94. The third kappa shape index (κ3) is 7.12. The minimum absolute atomic E-state index is 0.107. The molecule has 2 N–H and O–H groups in total. The summed E-state index contributed by atoms with van der Waals surface area (Å²) in [6.07, 6.45) is -0.212. The van der Waals surface area contributed by atoms with Crippen LogP contribution >= 0.6 is 19.9 Å². The Hall–Kier alpha value is -2.34. The Morgan fingerprint density at radius 3 is 2.69 bits per heavy atom. The van der Waals surface area contributed by atoms with Crippen LogP contribution in [0.25, 0.3) is 0 Å². The van der Waals surface area contributed by atoms with E-state index in [9.17, 15) is 14.7 Å². The summed E-state index contributed by atoms with van der Waals surface area (Å²) in [7, 11) is -1.57. The molecule has 1 aliphatic rings. The fraction of sp³-hybridized carbons (Fsp3) is 0.542. The van der Waals surface area contributed by atoms with E-state index >= 15 is 0 Å². The quantitative estimate of drug-likeness (QED) is 0.270. The normalized spacial score (nSPS) is 20.5. The average Bonchev–Trinajstić information content (AvgIpc) is 3.48. The monoisotopic (exact) mass is 534 g/mol. The van der Waals surface area contributed by atoms with Crippen LogP contribution in [0.2, 0.25) is 0 Å². The van der Waals surface area contributed by atoms with Crippen LogP contribution in [0.3, 0.4) is 0 Å². The number of nitriles is 1. The van der Waals surface area contributed by atoms with E-state index in [0.29, 0.717) is 0 Å². The number of nitrogens with one attached hydrogen (secondary N) is 1. The van der Waals surface area contributed by atoms with E-state index in [2.05, 4.69) is 27.6 Å². The van der Waals surface area contributed by atoms with Crippen molar-refractivity contribution in [2.45, 2.75) is 71.1 Å². The lowest BCUT2D eigenvalue weighted by molar-refractivity contribution is -0.0439. The SMILES string of the molecule is CC(C)N(C(C)C)P(OCCC#N)OC1C[C@@H](n2cc(C#Cc3ccsc3)c(=O)[nH]c2=O)O[C@@H]1CO. The molecule has 0 amide bonds. The Morgan fingerprint density at radius 1 is 1.33 bits per heavy atom. The number of aromatic nitrogens is 2. The molecule has 0 bridgehead atoms. The van der Waals surface area contributed by atoms with Crippen molar-refractivity contribution < 1.29 is 18.9 Å². The Kier molecular flexibility index (Phi) is 10.4. The molecule has 0 spiro atoms. The zero-order chi connectivity index (χ0) is 26.2. The second kappa shape index (κ2) is 13.3. The van der Waals surface area contributed by atoms with Crippen molar-refractivity contribution >= 4 is 19.9 Å². The number of H-pyrrole nitrogens is 1. The highest BCUT2D eigenvalue weighted by Crippen LogP contribution is 2.49. The van der Waals surface area contributed by atoms with Crippen molar-refractivity contribution in [3.8, 4) is 17.9 Å². The maximum absolute atomic E-state index is 12.6. The Balaban J connectivity index is 1.85. The topological polar surface area (TPSA) is 130 Å². The summed E-state index contributed by atoms with van der Waals surface area (Å²) < 4.78 is 21.6. The van der Waals surface area contributed by atoms with Crippen molar-refractivity contribution in [3.63, 3.8) is 0 Å². The molecular formula is C24H31N4O6PS. The highest BCUT2D eigenvalue weighted by molar-refractivity contribution is 7.44. The maximum Gasteiger partial charge on any atom is 0.330 e. The lowest BCUT2D eigenvalue weighted by atomic mass is 10.2. The summed E-state index contributed by atoms with van der Waals surface area (Å²) in [6, 6.07) is 4.12. The van der Waals surface area contributed by atoms with Crippen LogP contribution in [-0.4, -0.2) is 56.8 Å². The summed E-state index contributed by atoms with van der Waals surface area (Å²) in [5, 5.41) is 22.7. The highest BCUT2D eigenvalue weighted by atomic mass is 32.1. The van der Waals surface area contributed by atoms with Crippen LogP contribution in [0, 0.1) is 23.2 Å². The van der Waals surface area contributed by atoms with Gasteiger partial charge in [0.1, 0.15) is 17.9 Å². The molecule has 3 rings (SSSR count). The second-order valence-corrected chi connectivity index (χ2v) is 10.9. The first-order chi connectivity index (χ1) is 17.2. The number of aliphatic hydroxyl groups is 1. The standard InChI is InChI=1S/C24H31N4O6PS/c1-16(2)28(17(3)4)35(32-10-5-9-25)34-20-12-22(33-21(20)14-29)27-13-19(23(30)26-24(27)31)7-6-18-8-11-36-15-18/h8,11,13,15-17,20-22,29H,5,10,12,14H2,1-4H3,(H,26,30,31)/t20?,21-,22+,35?/m1/s1. The molecule has 0 radical (unpaired) electrons. The van der Waals surface area contributed by atoms with Crippen molar-refractivity contribution in [2.24, 2.45) is 0 Å². The lowest BCUT2D eigenvalue weighted by Gasteiger charge is -2.37. The van der Waals surface area contributed by atoms with Crippen molar-refractivity contribution in [2.75, 3.05) is 13.2 Å². The fourth-order valence-corrected chi connectivity index (χ4v) is 6.17. The minimum Gasteiger partial charge on any atom is -0.394 e. The van der Waals surface area contributed by atoms with Crippen molar-refractivity contribution in [1.29, 1.82) is 5.26 Å². The van der Waals surface area contributed by atoms with Gasteiger partial charge in [0.25, 0.3) is 14.1 Å². The van der Waals surface area contributed by atoms with Gasteiger partial charge in [-0.15, -0.1) is 0 Å². The first-order valence-corrected chi connectivity index (χ1v) is 13.7. The van der Waals surface area contributed by atoms with Gasteiger partial charge in [-0.3, -0.25) is 14.3 Å². The van der Waals surface area contributed by atoms with Gasteiger partial charge in [-0.2, -0.15) is 16.6 Å². The van der Waals surface area contributed by atoms with Crippen LogP contribution in [0.15, 0.2) is 32.6 Å². The summed E-state index contributed by atoms with van der Waals surface area (Å²) in [6.45, 7) is 8.01. The van der Waals surface area contributed by atoms with Gasteiger partial charge in [-0.25, -0.2) is 9.46 Å². The first kappa shape index (κ1) is 28.2. The number of ether oxygens (including phenoxy) is 1. The van der Waals surface area contributed by atoms with E-state index < -0.39 is 38.2 Å². The van der Waals surface area contributed by atoms with Gasteiger partial charge in [0, 0.05) is 35.6 Å². The Bertz CT molecular complexity index is 1200. The van der Waals surface area contributed by atoms with Crippen molar-refractivity contribution in [1.82, 2.24) is 14.2 Å². The van der Waals surface area contributed by atoms with Gasteiger partial charge in [-0.05, 0) is 39.1 Å². The lowest BCUT2D eigenvalue weighted by Crippen LogP contribution is -2.36. The maximum atomic E-state index is 12.6. The number of nitrogens with zero attached hydrogens (tertiary/aromatic N) is 3. The summed E-state index contributed by atoms with van der Waals surface area (Å²) >= 11 is 1.49. The molecule has 2 aromatic rings. The van der Waals surface area contributed by atoms with Crippen LogP contribution in [-0.2, 0) is 13.8 Å². The van der Waals surface area contributed by atoms with E-state index in [-0.39, 0.29) is 43.7 Å². The predicted molar refractivity (Wildman–Crippen MR) is 137 cm³/mol. The molecule has 4 atom stereocenters. The molecule has 10 nitrogen and oxygen atoms in total. The van der Waals surface area contributed by atoms with E-state index in [4.69, 9.17) is 19.0 Å². The molecular weight excluding hydrogens is 503 g/mol. The zero-order valence-corrected chi connectivity index (χ0v) is 22.4. The Morgan fingerprint density at radius 2 is 2.08 bits per heavy atom. The van der Waals surface area contributed by atoms with E-state index in [1.807, 2.05) is 44.5 Å². The molecule has 194 valence electrons. The third-order valence-electron chi connectivity index (χ3n) is 5.39. The van der Waals surface area contributed by atoms with Crippen LogP contribution in [0.5, 0.6) is 0 Å². The summed E-state index contributed by atoms with van der Waals surface area (Å²) in [4.78, 5) is 27.2. The van der Waals surface area contributed by atoms with Gasteiger partial charge in [0.05, 0.1) is 31.8 Å². The molecule has 2 unspecified atom stereocenters. The summed E-state index contributed by atoms with van der Waals surface area (Å²) in [5.41, 5.74) is -0.320. The number of aromatic amines is 1. The Labute approximate surface area is 215 Å². The molecule has 2 aromatic heterocycles. The van der Waals surface area contributed by atoms with E-state index in [1.54, 1.807) is 0 Å². The average molecular weight is 535 g/mol. The number of hydrogen-bond acceptors (Lipinski definition) is 9. The largest absolute Gasteiger partial charge is 0.394 e.